The molecule has 1 aromatic carbocycles. The molecule has 0 spiro atoms. The quantitative estimate of drug-likeness (QED) is 0.196. The van der Waals surface area contributed by atoms with Crippen LogP contribution in [-0.2, 0) is 24.2 Å². The molecule has 1 aliphatic carbocycles. The van der Waals surface area contributed by atoms with Gasteiger partial charge in [-0.2, -0.15) is 0 Å². The van der Waals surface area contributed by atoms with Crippen LogP contribution < -0.4 is 20.3 Å². The number of para-hydroxylation sites is 2. The zero-order valence-corrected chi connectivity index (χ0v) is 21.1. The number of thioether (sulfide) groups is 1. The first-order chi connectivity index (χ1) is 16.5. The first-order valence-electron chi connectivity index (χ1n) is 11.3. The summed E-state index contributed by atoms with van der Waals surface area (Å²) in [5.74, 6) is 1.92. The van der Waals surface area contributed by atoms with E-state index < -0.39 is 0 Å². The number of fused-ring (bicyclic) bond motifs is 3. The van der Waals surface area contributed by atoms with Crippen molar-refractivity contribution >= 4 is 39.2 Å². The van der Waals surface area contributed by atoms with Gasteiger partial charge in [-0.1, -0.05) is 36.9 Å². The van der Waals surface area contributed by atoms with E-state index in [1.807, 2.05) is 24.3 Å². The number of amides is 1. The Bertz CT molecular complexity index is 1250. The Hall–Kier alpha value is -2.78. The second kappa shape index (κ2) is 11.1. The number of aryl methyl sites for hydroxylation is 1. The third kappa shape index (κ3) is 5.31. The highest BCUT2D eigenvalue weighted by Crippen LogP contribution is 2.36. The van der Waals surface area contributed by atoms with Crippen LogP contribution in [0.25, 0.3) is 10.2 Å². The second-order valence-corrected chi connectivity index (χ2v) is 10.3. The number of allylic oxidation sites excluding steroid dienone is 1. The molecule has 9 heteroatoms. The lowest BCUT2D eigenvalue weighted by atomic mass is 9.89. The Morgan fingerprint density at radius 3 is 2.94 bits per heavy atom. The van der Waals surface area contributed by atoms with Crippen molar-refractivity contribution < 1.29 is 14.3 Å². The maximum Gasteiger partial charge on any atom is 0.263 e. The Kier molecular flexibility index (Phi) is 7.95. The third-order valence-corrected chi connectivity index (χ3v) is 7.90. The van der Waals surface area contributed by atoms with Gasteiger partial charge >= 0.3 is 0 Å². The Balaban J connectivity index is 1.40. The van der Waals surface area contributed by atoms with Crippen LogP contribution >= 0.6 is 23.1 Å². The predicted octanol–water partition coefficient (Wildman–Crippen LogP) is 4.06. The number of nitrogens with zero attached hydrogens (tertiary/aromatic N) is 2. The van der Waals surface area contributed by atoms with Crippen LogP contribution in [0.1, 0.15) is 23.8 Å². The van der Waals surface area contributed by atoms with Crippen LogP contribution in [0.4, 0.5) is 0 Å². The molecule has 1 aliphatic rings. The van der Waals surface area contributed by atoms with Gasteiger partial charge in [0, 0.05) is 11.4 Å². The minimum Gasteiger partial charge on any atom is -0.493 e. The number of carbonyl (C=O) groups excluding carboxylic acids is 1. The third-order valence-electron chi connectivity index (χ3n) is 5.78. The van der Waals surface area contributed by atoms with E-state index >= 15 is 0 Å². The molecule has 7 nitrogen and oxygen atoms in total. The van der Waals surface area contributed by atoms with E-state index in [1.54, 1.807) is 29.1 Å². The summed E-state index contributed by atoms with van der Waals surface area (Å²) in [6, 6.07) is 7.38. The maximum absolute atomic E-state index is 13.3. The molecule has 1 amide bonds. The molecule has 3 aromatic rings. The summed E-state index contributed by atoms with van der Waals surface area (Å²) in [5, 5.41) is 4.14. The molecule has 0 bridgehead atoms. The molecule has 0 unspecified atom stereocenters. The number of carbonyl (C=O) groups is 1. The smallest absolute Gasteiger partial charge is 0.263 e. The average Bonchev–Trinajstić information content (AvgIpc) is 3.20. The zero-order chi connectivity index (χ0) is 24.1. The van der Waals surface area contributed by atoms with Gasteiger partial charge in [0.1, 0.15) is 11.4 Å². The van der Waals surface area contributed by atoms with Gasteiger partial charge in [-0.15, -0.1) is 17.9 Å². The lowest BCUT2D eigenvalue weighted by molar-refractivity contribution is -0.118. The van der Waals surface area contributed by atoms with Crippen LogP contribution in [0, 0.1) is 5.92 Å². The summed E-state index contributed by atoms with van der Waals surface area (Å²) in [6.07, 6.45) is 4.71. The topological polar surface area (TPSA) is 82.5 Å². The van der Waals surface area contributed by atoms with Gasteiger partial charge in [0.2, 0.25) is 5.91 Å². The van der Waals surface area contributed by atoms with Gasteiger partial charge in [0.05, 0.1) is 24.8 Å². The van der Waals surface area contributed by atoms with Crippen molar-refractivity contribution in [3.05, 3.63) is 57.7 Å². The summed E-state index contributed by atoms with van der Waals surface area (Å²) in [7, 11) is 1.59. The second-order valence-electron chi connectivity index (χ2n) is 8.27. The van der Waals surface area contributed by atoms with Crippen LogP contribution in [0.5, 0.6) is 11.5 Å². The first kappa shape index (κ1) is 24.3. The summed E-state index contributed by atoms with van der Waals surface area (Å²) in [4.78, 5) is 32.6. The molecular formula is C25H29N3O4S2. The van der Waals surface area contributed by atoms with Crippen molar-refractivity contribution in [2.75, 3.05) is 26.0 Å². The van der Waals surface area contributed by atoms with Crippen LogP contribution in [0.3, 0.4) is 0 Å². The highest BCUT2D eigenvalue weighted by molar-refractivity contribution is 7.99. The number of hydrogen-bond donors (Lipinski definition) is 1. The Morgan fingerprint density at radius 2 is 2.18 bits per heavy atom. The van der Waals surface area contributed by atoms with Gasteiger partial charge in [0.25, 0.3) is 5.56 Å². The minimum atomic E-state index is -0.146. The minimum absolute atomic E-state index is 0.0370. The average molecular weight is 500 g/mol. The predicted molar refractivity (Wildman–Crippen MR) is 137 cm³/mol. The highest BCUT2D eigenvalue weighted by Gasteiger charge is 2.24. The van der Waals surface area contributed by atoms with E-state index in [2.05, 4.69) is 18.8 Å². The molecule has 2 heterocycles. The van der Waals surface area contributed by atoms with Crippen molar-refractivity contribution in [3.8, 4) is 11.5 Å². The summed E-state index contributed by atoms with van der Waals surface area (Å²) in [5.41, 5.74) is 1.13. The number of thiophene rings is 1. The van der Waals surface area contributed by atoms with Crippen LogP contribution in [0.15, 0.2) is 46.9 Å². The maximum atomic E-state index is 13.3. The van der Waals surface area contributed by atoms with Crippen molar-refractivity contribution in [2.24, 2.45) is 5.92 Å². The largest absolute Gasteiger partial charge is 0.493 e. The van der Waals surface area contributed by atoms with Gasteiger partial charge in [-0.25, -0.2) is 4.98 Å². The molecule has 4 rings (SSSR count). The number of nitrogens with one attached hydrogen (secondary N) is 1. The van der Waals surface area contributed by atoms with E-state index in [1.165, 1.54) is 16.6 Å². The van der Waals surface area contributed by atoms with Crippen molar-refractivity contribution in [3.63, 3.8) is 0 Å². The van der Waals surface area contributed by atoms with E-state index in [4.69, 9.17) is 14.5 Å². The molecule has 0 aliphatic heterocycles. The number of benzene rings is 1. The zero-order valence-electron chi connectivity index (χ0n) is 19.5. The molecule has 2 aromatic heterocycles. The van der Waals surface area contributed by atoms with Crippen molar-refractivity contribution in [2.45, 2.75) is 37.9 Å². The molecule has 1 atom stereocenters. The Morgan fingerprint density at radius 1 is 1.38 bits per heavy atom. The van der Waals surface area contributed by atoms with E-state index in [-0.39, 0.29) is 17.2 Å². The van der Waals surface area contributed by atoms with Crippen LogP contribution in [-0.4, -0.2) is 41.5 Å². The molecule has 34 heavy (non-hydrogen) atoms. The highest BCUT2D eigenvalue weighted by atomic mass is 32.2. The monoisotopic (exact) mass is 499 g/mol. The lowest BCUT2D eigenvalue weighted by Crippen LogP contribution is -2.30. The number of aromatic nitrogens is 2. The normalized spacial score (nSPS) is 15.1. The molecule has 180 valence electrons. The summed E-state index contributed by atoms with van der Waals surface area (Å²) >= 11 is 2.89. The number of hydrogen-bond acceptors (Lipinski definition) is 7. The van der Waals surface area contributed by atoms with E-state index in [9.17, 15) is 9.59 Å². The molecule has 0 radical (unpaired) electrons. The number of methoxy groups -OCH3 is 1. The first-order valence-corrected chi connectivity index (χ1v) is 13.1. The lowest BCUT2D eigenvalue weighted by Gasteiger charge is -2.17. The SMILES string of the molecule is C=CCn1c(SCC(=O)NCCOc2ccccc2OC)nc2sc3c(c2c1=O)CC[C@H](C)C3. The van der Waals surface area contributed by atoms with E-state index in [0.29, 0.717) is 42.3 Å². The van der Waals surface area contributed by atoms with E-state index in [0.717, 1.165) is 35.0 Å². The molecular weight excluding hydrogens is 470 g/mol. The summed E-state index contributed by atoms with van der Waals surface area (Å²) in [6.45, 7) is 7.08. The van der Waals surface area contributed by atoms with Gasteiger partial charge in [-0.3, -0.25) is 14.2 Å². The fraction of sp³-hybridized carbons (Fsp3) is 0.400. The van der Waals surface area contributed by atoms with Gasteiger partial charge < -0.3 is 14.8 Å². The molecule has 1 N–H and O–H groups in total. The fourth-order valence-electron chi connectivity index (χ4n) is 4.08. The summed E-state index contributed by atoms with van der Waals surface area (Å²) < 4.78 is 12.6. The molecule has 0 fully saturated rings. The number of ether oxygens (including phenoxy) is 2. The van der Waals surface area contributed by atoms with Crippen molar-refractivity contribution in [1.29, 1.82) is 0 Å². The van der Waals surface area contributed by atoms with Crippen LogP contribution in [0.2, 0.25) is 0 Å². The molecule has 0 saturated carbocycles. The van der Waals surface area contributed by atoms with Gasteiger partial charge in [0.15, 0.2) is 16.7 Å². The van der Waals surface area contributed by atoms with Crippen molar-refractivity contribution in [1.82, 2.24) is 14.9 Å². The number of rotatable bonds is 10. The van der Waals surface area contributed by atoms with Gasteiger partial charge in [-0.05, 0) is 42.9 Å². The molecule has 0 saturated heterocycles. The standard InChI is InChI=1S/C25H29N3O4S2/c1-4-12-28-24(30)22-17-10-9-16(2)14-20(17)34-23(22)27-25(28)33-15-21(29)26-11-13-32-19-8-6-5-7-18(19)31-3/h4-8,16H,1,9-15H2,2-3H3,(H,26,29)/t16-/m0/s1. The Labute approximate surface area is 207 Å². The fourth-order valence-corrected chi connectivity index (χ4v) is 6.34.